The van der Waals surface area contributed by atoms with E-state index in [1.807, 2.05) is 0 Å². The van der Waals surface area contributed by atoms with Crippen molar-refractivity contribution in [3.8, 4) is 0 Å². The Kier molecular flexibility index (Phi) is 3.99. The van der Waals surface area contributed by atoms with Gasteiger partial charge in [0, 0.05) is 11.8 Å². The molecule has 1 N–H and O–H groups in total. The third-order valence-corrected chi connectivity index (χ3v) is 6.56. The maximum atomic E-state index is 12.7. The summed E-state index contributed by atoms with van der Waals surface area (Å²) in [5.41, 5.74) is 5.87. The molecule has 2 heterocycles. The monoisotopic (exact) mass is 355 g/mol. The van der Waals surface area contributed by atoms with Gasteiger partial charge < -0.3 is 5.11 Å². The summed E-state index contributed by atoms with van der Waals surface area (Å²) in [6, 6.07) is 7.23. The van der Waals surface area contributed by atoms with Gasteiger partial charge in [0.15, 0.2) is 0 Å². The maximum Gasteiger partial charge on any atom is 0.327 e. The van der Waals surface area contributed by atoms with Gasteiger partial charge in [-0.1, -0.05) is 18.2 Å². The summed E-state index contributed by atoms with van der Waals surface area (Å²) < 4.78 is 1.51. The molecule has 1 aromatic heterocycles. The molecule has 1 atom stereocenters. The van der Waals surface area contributed by atoms with E-state index in [0.717, 1.165) is 29.9 Å². The number of hydrogen-bond donors (Lipinski definition) is 1. The summed E-state index contributed by atoms with van der Waals surface area (Å²) >= 11 is 1.53. The summed E-state index contributed by atoms with van der Waals surface area (Å²) in [6.45, 7) is 4.22. The van der Waals surface area contributed by atoms with Crippen LogP contribution in [0.25, 0.3) is 0 Å². The van der Waals surface area contributed by atoms with E-state index in [2.05, 4.69) is 32.0 Å². The number of carboxylic acid groups (broad SMARTS) is 1. The van der Waals surface area contributed by atoms with Gasteiger partial charge in [-0.15, -0.1) is 11.8 Å². The van der Waals surface area contributed by atoms with Crippen LogP contribution in [0.15, 0.2) is 34.1 Å². The Morgan fingerprint density at radius 2 is 2.04 bits per heavy atom. The van der Waals surface area contributed by atoms with Gasteiger partial charge in [0.25, 0.3) is 5.56 Å². The van der Waals surface area contributed by atoms with E-state index < -0.39 is 12.0 Å². The highest BCUT2D eigenvalue weighted by atomic mass is 32.2. The minimum Gasteiger partial charge on any atom is -0.480 e. The van der Waals surface area contributed by atoms with Crippen LogP contribution in [0.3, 0.4) is 0 Å². The molecule has 2 aromatic rings. The predicted molar refractivity (Wildman–Crippen MR) is 98.8 cm³/mol. The smallest absolute Gasteiger partial charge is 0.327 e. The molecule has 0 amide bonds. The number of carboxylic acids is 1. The molecule has 1 aliphatic carbocycles. The molecule has 4 rings (SSSR count). The highest BCUT2D eigenvalue weighted by Crippen LogP contribution is 2.48. The molecule has 0 spiro atoms. The lowest BCUT2D eigenvalue weighted by Crippen LogP contribution is -2.29. The van der Waals surface area contributed by atoms with E-state index in [-0.39, 0.29) is 5.56 Å². The molecule has 4 nitrogen and oxygen atoms in total. The first kappa shape index (κ1) is 16.5. The van der Waals surface area contributed by atoms with E-state index in [0.29, 0.717) is 11.7 Å². The van der Waals surface area contributed by atoms with Crippen LogP contribution >= 0.6 is 11.8 Å². The molecule has 0 bridgehead atoms. The maximum absolute atomic E-state index is 12.7. The van der Waals surface area contributed by atoms with E-state index in [1.54, 1.807) is 6.07 Å². The molecular formula is C20H21NO3S. The molecule has 25 heavy (non-hydrogen) atoms. The summed E-state index contributed by atoms with van der Waals surface area (Å²) in [7, 11) is 0. The summed E-state index contributed by atoms with van der Waals surface area (Å²) in [5, 5.41) is 10.3. The third kappa shape index (κ3) is 2.80. The molecule has 0 radical (unpaired) electrons. The zero-order chi connectivity index (χ0) is 17.7. The van der Waals surface area contributed by atoms with Crippen LogP contribution in [0.1, 0.15) is 52.6 Å². The van der Waals surface area contributed by atoms with Gasteiger partial charge in [0.1, 0.15) is 6.04 Å². The van der Waals surface area contributed by atoms with Gasteiger partial charge >= 0.3 is 5.97 Å². The predicted octanol–water partition coefficient (Wildman–Crippen LogP) is 3.66. The zero-order valence-corrected chi connectivity index (χ0v) is 15.2. The van der Waals surface area contributed by atoms with Gasteiger partial charge in [-0.05, 0) is 66.8 Å². The Hall–Kier alpha value is -2.01. The number of benzene rings is 1. The quantitative estimate of drug-likeness (QED) is 0.909. The third-order valence-electron chi connectivity index (χ3n) is 5.39. The minimum absolute atomic E-state index is 0.183. The molecule has 0 saturated heterocycles. The van der Waals surface area contributed by atoms with E-state index in [1.165, 1.54) is 38.6 Å². The lowest BCUT2D eigenvalue weighted by Gasteiger charge is -2.17. The van der Waals surface area contributed by atoms with Gasteiger partial charge in [-0.2, -0.15) is 0 Å². The second-order valence-electron chi connectivity index (χ2n) is 7.07. The number of fused-ring (bicyclic) bond motifs is 1. The van der Waals surface area contributed by atoms with Crippen molar-refractivity contribution in [2.45, 2.75) is 50.1 Å². The second-order valence-corrected chi connectivity index (χ2v) is 8.08. The second kappa shape index (κ2) is 6.06. The number of hydrogen-bond acceptors (Lipinski definition) is 3. The minimum atomic E-state index is -0.919. The summed E-state index contributed by atoms with van der Waals surface area (Å²) in [5.74, 6) is -0.00333. The normalized spacial score (nSPS) is 19.0. The topological polar surface area (TPSA) is 59.3 Å². The van der Waals surface area contributed by atoms with Crippen LogP contribution in [0.4, 0.5) is 0 Å². The molecule has 1 aliphatic heterocycles. The van der Waals surface area contributed by atoms with E-state index in [4.69, 9.17) is 0 Å². The van der Waals surface area contributed by atoms with Crippen LogP contribution in [-0.4, -0.2) is 21.4 Å². The van der Waals surface area contributed by atoms with Crippen LogP contribution in [0, 0.1) is 13.8 Å². The van der Waals surface area contributed by atoms with Crippen LogP contribution in [0.5, 0.6) is 0 Å². The van der Waals surface area contributed by atoms with Crippen LogP contribution in [0.2, 0.25) is 0 Å². The average Bonchev–Trinajstić information content (AvgIpc) is 3.28. The largest absolute Gasteiger partial charge is 0.480 e. The zero-order valence-electron chi connectivity index (χ0n) is 14.4. The lowest BCUT2D eigenvalue weighted by atomic mass is 9.94. The Balaban J connectivity index is 1.84. The first-order valence-electron chi connectivity index (χ1n) is 8.66. The summed E-state index contributed by atoms with van der Waals surface area (Å²) in [6.07, 6.45) is 2.99. The first-order chi connectivity index (χ1) is 12.0. The van der Waals surface area contributed by atoms with Crippen molar-refractivity contribution in [3.63, 3.8) is 0 Å². The number of rotatable bonds is 4. The van der Waals surface area contributed by atoms with Gasteiger partial charge in [-0.3, -0.25) is 9.36 Å². The van der Waals surface area contributed by atoms with Crippen molar-refractivity contribution in [1.82, 2.24) is 4.57 Å². The fourth-order valence-electron chi connectivity index (χ4n) is 3.68. The van der Waals surface area contributed by atoms with Crippen molar-refractivity contribution in [1.29, 1.82) is 0 Å². The number of thioether (sulfide) groups is 1. The van der Waals surface area contributed by atoms with Crippen molar-refractivity contribution in [3.05, 3.63) is 62.4 Å². The Morgan fingerprint density at radius 3 is 2.72 bits per heavy atom. The summed E-state index contributed by atoms with van der Waals surface area (Å²) in [4.78, 5) is 24.2. The molecule has 130 valence electrons. The Morgan fingerprint density at radius 1 is 1.28 bits per heavy atom. The highest BCUT2D eigenvalue weighted by Gasteiger charge is 2.37. The van der Waals surface area contributed by atoms with E-state index in [9.17, 15) is 14.7 Å². The van der Waals surface area contributed by atoms with Gasteiger partial charge in [0.2, 0.25) is 0 Å². The van der Waals surface area contributed by atoms with Crippen molar-refractivity contribution < 1.29 is 9.90 Å². The Bertz CT molecular complexity index is 927. The SMILES string of the molecule is Cc1cccc(Cc2cc(=O)n3c(c2C2CC2)SCC3C(=O)O)c1C. The molecular weight excluding hydrogens is 334 g/mol. The van der Waals surface area contributed by atoms with Crippen molar-refractivity contribution >= 4 is 17.7 Å². The molecule has 2 aliphatic rings. The van der Waals surface area contributed by atoms with Crippen LogP contribution in [-0.2, 0) is 11.2 Å². The van der Waals surface area contributed by atoms with Gasteiger partial charge in [0.05, 0.1) is 5.03 Å². The Labute approximate surface area is 150 Å². The fourth-order valence-corrected chi connectivity index (χ4v) is 5.10. The first-order valence-corrected chi connectivity index (χ1v) is 9.65. The number of carbonyl (C=O) groups is 1. The fraction of sp³-hybridized carbons (Fsp3) is 0.400. The number of pyridine rings is 1. The number of aromatic nitrogens is 1. The molecule has 5 heteroatoms. The number of aryl methyl sites for hydroxylation is 1. The van der Waals surface area contributed by atoms with Crippen molar-refractivity contribution in [2.24, 2.45) is 0 Å². The molecule has 1 saturated carbocycles. The van der Waals surface area contributed by atoms with Gasteiger partial charge in [-0.25, -0.2) is 4.79 Å². The number of nitrogens with zero attached hydrogens (tertiary/aromatic N) is 1. The highest BCUT2D eigenvalue weighted by molar-refractivity contribution is 7.99. The molecule has 1 unspecified atom stereocenters. The number of aliphatic carboxylic acids is 1. The lowest BCUT2D eigenvalue weighted by molar-refractivity contribution is -0.140. The molecule has 1 fully saturated rings. The average molecular weight is 355 g/mol. The standard InChI is InChI=1S/C20H21NO3S/c1-11-4-3-5-14(12(11)2)8-15-9-17(22)21-16(20(23)24)10-25-19(21)18(15)13-6-7-13/h3-5,9,13,16H,6-8,10H2,1-2H3,(H,23,24). The van der Waals surface area contributed by atoms with Crippen LogP contribution < -0.4 is 5.56 Å². The van der Waals surface area contributed by atoms with Crippen molar-refractivity contribution in [2.75, 3.05) is 5.75 Å². The molecule has 1 aromatic carbocycles. The van der Waals surface area contributed by atoms with E-state index >= 15 is 0 Å².